The lowest BCUT2D eigenvalue weighted by molar-refractivity contribution is -0.140. The fourth-order valence-corrected chi connectivity index (χ4v) is 4.21. The molecule has 1 aliphatic rings. The first-order valence-corrected chi connectivity index (χ1v) is 11.0. The molecule has 0 radical (unpaired) electrons. The summed E-state index contributed by atoms with van der Waals surface area (Å²) >= 11 is 5.98. The van der Waals surface area contributed by atoms with Crippen LogP contribution < -0.4 is 9.47 Å². The Morgan fingerprint density at radius 3 is 2.50 bits per heavy atom. The lowest BCUT2D eigenvalue weighted by Crippen LogP contribution is -2.31. The number of aliphatic hydroxyl groups excluding tert-OH is 1. The molecule has 9 heteroatoms. The van der Waals surface area contributed by atoms with E-state index in [0.29, 0.717) is 47.2 Å². The first-order chi connectivity index (χ1) is 16.4. The SMILES string of the molecule is COc1ccc([C@@H]2/C(=C(\O)c3ccc(Cl)cc3)C(=O)C(=O)N2CCCn2ccnc2)c(OC)c1. The molecule has 0 spiro atoms. The number of nitrogens with zero attached hydrogens (tertiary/aromatic N) is 3. The average molecular weight is 482 g/mol. The minimum atomic E-state index is -0.834. The van der Waals surface area contributed by atoms with Crippen LogP contribution in [0.2, 0.25) is 5.02 Å². The summed E-state index contributed by atoms with van der Waals surface area (Å²) in [5.74, 6) is -0.694. The highest BCUT2D eigenvalue weighted by atomic mass is 35.5. The number of aryl methyl sites for hydroxylation is 1. The molecule has 34 heavy (non-hydrogen) atoms. The molecule has 1 amide bonds. The second-order valence-corrected chi connectivity index (χ2v) is 8.20. The van der Waals surface area contributed by atoms with Gasteiger partial charge in [-0.05, 0) is 42.8 Å². The molecular weight excluding hydrogens is 458 g/mol. The Morgan fingerprint density at radius 1 is 1.09 bits per heavy atom. The summed E-state index contributed by atoms with van der Waals surface area (Å²) in [5.41, 5.74) is 0.956. The molecule has 1 saturated heterocycles. The van der Waals surface area contributed by atoms with Crippen LogP contribution >= 0.6 is 11.6 Å². The Hall–Kier alpha value is -3.78. The highest BCUT2D eigenvalue weighted by Gasteiger charge is 2.46. The van der Waals surface area contributed by atoms with Gasteiger partial charge in [-0.25, -0.2) is 4.98 Å². The average Bonchev–Trinajstić information content (AvgIpc) is 3.46. The minimum absolute atomic E-state index is 0.00146. The van der Waals surface area contributed by atoms with Gasteiger partial charge >= 0.3 is 0 Å². The second kappa shape index (κ2) is 10.0. The number of hydrogen-bond acceptors (Lipinski definition) is 6. The Balaban J connectivity index is 1.79. The van der Waals surface area contributed by atoms with Gasteiger partial charge in [0.05, 0.1) is 32.2 Å². The summed E-state index contributed by atoms with van der Waals surface area (Å²) in [6.45, 7) is 0.909. The third-order valence-electron chi connectivity index (χ3n) is 5.77. The van der Waals surface area contributed by atoms with Crippen molar-refractivity contribution in [2.24, 2.45) is 0 Å². The summed E-state index contributed by atoms with van der Waals surface area (Å²) < 4.78 is 12.8. The van der Waals surface area contributed by atoms with Gasteiger partial charge in [0.2, 0.25) is 0 Å². The van der Waals surface area contributed by atoms with Crippen LogP contribution in [0.1, 0.15) is 23.6 Å². The van der Waals surface area contributed by atoms with Crippen molar-refractivity contribution >= 4 is 29.1 Å². The number of ether oxygens (including phenoxy) is 2. The number of ketones is 1. The van der Waals surface area contributed by atoms with Gasteiger partial charge in [0.1, 0.15) is 17.3 Å². The van der Waals surface area contributed by atoms with Gasteiger partial charge in [-0.15, -0.1) is 0 Å². The van der Waals surface area contributed by atoms with Crippen LogP contribution in [0, 0.1) is 0 Å². The predicted molar refractivity (Wildman–Crippen MR) is 127 cm³/mol. The van der Waals surface area contributed by atoms with E-state index in [1.165, 1.54) is 19.1 Å². The molecule has 0 saturated carbocycles. The Bertz CT molecular complexity index is 1220. The normalized spacial score (nSPS) is 17.3. The molecule has 1 aromatic heterocycles. The van der Waals surface area contributed by atoms with Gasteiger partial charge in [0.25, 0.3) is 11.7 Å². The zero-order valence-electron chi connectivity index (χ0n) is 18.8. The van der Waals surface area contributed by atoms with E-state index in [0.717, 1.165) is 0 Å². The topological polar surface area (TPSA) is 93.9 Å². The van der Waals surface area contributed by atoms with Crippen LogP contribution in [0.3, 0.4) is 0 Å². The summed E-state index contributed by atoms with van der Waals surface area (Å²) in [5, 5.41) is 11.6. The number of aliphatic hydroxyl groups is 1. The Morgan fingerprint density at radius 2 is 1.85 bits per heavy atom. The molecule has 0 unspecified atom stereocenters. The molecule has 1 aliphatic heterocycles. The van der Waals surface area contributed by atoms with E-state index in [2.05, 4.69) is 4.98 Å². The number of likely N-dealkylation sites (tertiary alicyclic amines) is 1. The number of halogens is 1. The molecule has 1 fully saturated rings. The van der Waals surface area contributed by atoms with Gasteiger partial charge in [0.15, 0.2) is 0 Å². The van der Waals surface area contributed by atoms with Crippen LogP contribution in [0.4, 0.5) is 0 Å². The lowest BCUT2D eigenvalue weighted by Gasteiger charge is -2.27. The number of hydrogen-bond donors (Lipinski definition) is 1. The maximum absolute atomic E-state index is 13.2. The highest BCUT2D eigenvalue weighted by Crippen LogP contribution is 2.43. The number of methoxy groups -OCH3 is 2. The van der Waals surface area contributed by atoms with Gasteiger partial charge in [-0.3, -0.25) is 9.59 Å². The minimum Gasteiger partial charge on any atom is -0.507 e. The largest absolute Gasteiger partial charge is 0.507 e. The van der Waals surface area contributed by atoms with Crippen LogP contribution in [0.15, 0.2) is 66.8 Å². The Kier molecular flexibility index (Phi) is 6.88. The third kappa shape index (κ3) is 4.49. The summed E-state index contributed by atoms with van der Waals surface area (Å²) in [6.07, 6.45) is 5.79. The van der Waals surface area contributed by atoms with Crippen LogP contribution in [0.5, 0.6) is 11.5 Å². The molecule has 1 atom stereocenters. The van der Waals surface area contributed by atoms with Crippen molar-refractivity contribution in [3.05, 3.63) is 82.9 Å². The molecule has 2 aromatic carbocycles. The first kappa shape index (κ1) is 23.4. The van der Waals surface area contributed by atoms with E-state index in [4.69, 9.17) is 21.1 Å². The van der Waals surface area contributed by atoms with Crippen molar-refractivity contribution < 1.29 is 24.2 Å². The van der Waals surface area contributed by atoms with Crippen molar-refractivity contribution in [2.45, 2.75) is 19.0 Å². The monoisotopic (exact) mass is 481 g/mol. The maximum atomic E-state index is 13.2. The van der Waals surface area contributed by atoms with Gasteiger partial charge in [0, 0.05) is 47.7 Å². The smallest absolute Gasteiger partial charge is 0.295 e. The van der Waals surface area contributed by atoms with Crippen molar-refractivity contribution in [1.29, 1.82) is 0 Å². The number of Topliss-reactive ketones (excluding diaryl/α,β-unsaturated/α-hetero) is 1. The van der Waals surface area contributed by atoms with Crippen LogP contribution in [0.25, 0.3) is 5.76 Å². The van der Waals surface area contributed by atoms with E-state index in [1.807, 2.05) is 10.8 Å². The van der Waals surface area contributed by atoms with Crippen molar-refractivity contribution in [2.75, 3.05) is 20.8 Å². The summed E-state index contributed by atoms with van der Waals surface area (Å²) in [7, 11) is 3.04. The van der Waals surface area contributed by atoms with Gasteiger partial charge in [-0.2, -0.15) is 0 Å². The number of amides is 1. The van der Waals surface area contributed by atoms with Crippen molar-refractivity contribution in [1.82, 2.24) is 14.5 Å². The van der Waals surface area contributed by atoms with E-state index in [9.17, 15) is 14.7 Å². The number of benzene rings is 2. The fraction of sp³-hybridized carbons (Fsp3) is 0.240. The van der Waals surface area contributed by atoms with E-state index < -0.39 is 17.7 Å². The van der Waals surface area contributed by atoms with E-state index >= 15 is 0 Å². The molecular formula is C25H24ClN3O5. The van der Waals surface area contributed by atoms with Crippen LogP contribution in [-0.2, 0) is 16.1 Å². The molecule has 4 rings (SSSR count). The molecule has 1 N–H and O–H groups in total. The predicted octanol–water partition coefficient (Wildman–Crippen LogP) is 4.07. The number of carbonyl (C=O) groups is 2. The number of imidazole rings is 1. The van der Waals surface area contributed by atoms with Crippen LogP contribution in [-0.4, -0.2) is 52.0 Å². The van der Waals surface area contributed by atoms with Gasteiger partial charge < -0.3 is 24.0 Å². The third-order valence-corrected chi connectivity index (χ3v) is 6.02. The Labute approximate surface area is 202 Å². The molecule has 0 bridgehead atoms. The molecule has 3 aromatic rings. The molecule has 0 aliphatic carbocycles. The zero-order valence-corrected chi connectivity index (χ0v) is 19.5. The lowest BCUT2D eigenvalue weighted by atomic mass is 9.94. The fourth-order valence-electron chi connectivity index (χ4n) is 4.08. The molecule has 176 valence electrons. The number of rotatable bonds is 8. The summed E-state index contributed by atoms with van der Waals surface area (Å²) in [4.78, 5) is 31.8. The number of carbonyl (C=O) groups excluding carboxylic acids is 2. The van der Waals surface area contributed by atoms with E-state index in [-0.39, 0.29) is 11.3 Å². The molecule has 2 heterocycles. The number of aromatic nitrogens is 2. The first-order valence-electron chi connectivity index (χ1n) is 10.7. The maximum Gasteiger partial charge on any atom is 0.295 e. The quantitative estimate of drug-likeness (QED) is 0.296. The van der Waals surface area contributed by atoms with E-state index in [1.54, 1.807) is 55.0 Å². The van der Waals surface area contributed by atoms with Gasteiger partial charge in [-0.1, -0.05) is 11.6 Å². The van der Waals surface area contributed by atoms with Crippen molar-refractivity contribution in [3.63, 3.8) is 0 Å². The standard InChI is InChI=1S/C25H24ClN3O5/c1-33-18-8-9-19(20(14-18)34-2)22-21(23(30)16-4-6-17(26)7-5-16)24(31)25(32)29(22)12-3-11-28-13-10-27-15-28/h4-10,13-15,22,30H,3,11-12H2,1-2H3/b23-21+/t22-/m1/s1. The van der Waals surface area contributed by atoms with Crippen molar-refractivity contribution in [3.8, 4) is 11.5 Å². The zero-order chi connectivity index (χ0) is 24.2. The highest BCUT2D eigenvalue weighted by molar-refractivity contribution is 6.46. The summed E-state index contributed by atoms with van der Waals surface area (Å²) in [6, 6.07) is 10.8. The molecule has 8 nitrogen and oxygen atoms in total. The second-order valence-electron chi connectivity index (χ2n) is 7.76.